The van der Waals surface area contributed by atoms with Gasteiger partial charge in [-0.25, -0.2) is 8.42 Å². The highest BCUT2D eigenvalue weighted by Crippen LogP contribution is 2.13. The number of hydrogen-bond donors (Lipinski definition) is 2. The molecule has 1 rings (SSSR count). The minimum atomic E-state index is -3.25. The largest absolute Gasteiger partial charge is 0.330 e. The van der Waals surface area contributed by atoms with Gasteiger partial charge in [-0.2, -0.15) is 0 Å². The van der Waals surface area contributed by atoms with E-state index in [0.717, 1.165) is 12.0 Å². The van der Waals surface area contributed by atoms with Gasteiger partial charge in [-0.1, -0.05) is 19.1 Å². The third-order valence-corrected chi connectivity index (χ3v) is 3.60. The molecule has 0 bridgehead atoms. The summed E-state index contributed by atoms with van der Waals surface area (Å²) in [5, 5.41) is 0. The molecule has 0 saturated heterocycles. The molecule has 1 aromatic carbocycles. The molecule has 0 aliphatic carbocycles. The number of hydrogen-bond acceptors (Lipinski definition) is 3. The van der Waals surface area contributed by atoms with Crippen LogP contribution >= 0.6 is 0 Å². The Morgan fingerprint density at radius 1 is 1.38 bits per heavy atom. The molecule has 0 saturated carbocycles. The van der Waals surface area contributed by atoms with Gasteiger partial charge < -0.3 is 5.73 Å². The maximum Gasteiger partial charge on any atom is 0.232 e. The lowest BCUT2D eigenvalue weighted by Gasteiger charge is -2.08. The fourth-order valence-corrected chi connectivity index (χ4v) is 2.49. The van der Waals surface area contributed by atoms with Crippen LogP contribution in [0, 0.1) is 0 Å². The van der Waals surface area contributed by atoms with E-state index < -0.39 is 10.0 Å². The van der Waals surface area contributed by atoms with Crippen LogP contribution in [-0.4, -0.2) is 20.7 Å². The topological polar surface area (TPSA) is 72.2 Å². The molecule has 4 nitrogen and oxygen atoms in total. The van der Waals surface area contributed by atoms with E-state index in [-0.39, 0.29) is 5.75 Å². The molecular formula is C11H18N2O2S. The molecule has 0 aromatic heterocycles. The molecule has 0 spiro atoms. The number of benzene rings is 1. The van der Waals surface area contributed by atoms with Crippen molar-refractivity contribution < 1.29 is 8.42 Å². The van der Waals surface area contributed by atoms with Crippen molar-refractivity contribution in [3.05, 3.63) is 29.8 Å². The van der Waals surface area contributed by atoms with Crippen LogP contribution in [0.2, 0.25) is 0 Å². The minimum absolute atomic E-state index is 0.0693. The molecule has 0 aliphatic rings. The molecule has 0 heterocycles. The smallest absolute Gasteiger partial charge is 0.232 e. The van der Waals surface area contributed by atoms with Gasteiger partial charge in [0.2, 0.25) is 10.0 Å². The van der Waals surface area contributed by atoms with Crippen molar-refractivity contribution in [1.82, 2.24) is 0 Å². The van der Waals surface area contributed by atoms with Gasteiger partial charge in [-0.15, -0.1) is 0 Å². The molecule has 1 aromatic rings. The van der Waals surface area contributed by atoms with Crippen LogP contribution in [0.1, 0.15) is 18.9 Å². The molecule has 0 atom stereocenters. The maximum absolute atomic E-state index is 11.6. The predicted octanol–water partition coefficient (Wildman–Crippen LogP) is 1.34. The van der Waals surface area contributed by atoms with Gasteiger partial charge in [0.1, 0.15) is 0 Å². The van der Waals surface area contributed by atoms with E-state index in [1.54, 1.807) is 6.07 Å². The zero-order valence-electron chi connectivity index (χ0n) is 9.44. The Balaban J connectivity index is 2.72. The number of rotatable bonds is 6. The van der Waals surface area contributed by atoms with Crippen molar-refractivity contribution in [2.24, 2.45) is 5.73 Å². The molecule has 0 aliphatic heterocycles. The van der Waals surface area contributed by atoms with Crippen molar-refractivity contribution in [3.8, 4) is 0 Å². The third-order valence-electron chi connectivity index (χ3n) is 2.23. The highest BCUT2D eigenvalue weighted by atomic mass is 32.2. The minimum Gasteiger partial charge on any atom is -0.330 e. The Kier molecular flexibility index (Phi) is 4.76. The van der Waals surface area contributed by atoms with Crippen molar-refractivity contribution in [3.63, 3.8) is 0 Å². The summed E-state index contributed by atoms with van der Waals surface area (Å²) in [7, 11) is -3.25. The fourth-order valence-electron chi connectivity index (χ4n) is 1.36. The summed E-state index contributed by atoms with van der Waals surface area (Å²) < 4.78 is 25.7. The Morgan fingerprint density at radius 2 is 2.12 bits per heavy atom. The summed E-state index contributed by atoms with van der Waals surface area (Å²) in [5.74, 6) is 0.0693. The number of anilines is 1. The normalized spacial score (nSPS) is 11.4. The molecule has 0 fully saturated rings. The van der Waals surface area contributed by atoms with Crippen LogP contribution in [0.5, 0.6) is 0 Å². The lowest BCUT2D eigenvalue weighted by molar-refractivity contribution is 0.599. The zero-order chi connectivity index (χ0) is 12.0. The second-order valence-corrected chi connectivity index (χ2v) is 5.46. The average molecular weight is 242 g/mol. The Labute approximate surface area is 96.9 Å². The Hall–Kier alpha value is -1.07. The second kappa shape index (κ2) is 5.86. The summed E-state index contributed by atoms with van der Waals surface area (Å²) in [6.45, 7) is 2.41. The molecule has 0 radical (unpaired) electrons. The summed E-state index contributed by atoms with van der Waals surface area (Å²) in [5.41, 5.74) is 7.01. The number of aryl methyl sites for hydroxylation is 1. The van der Waals surface area contributed by atoms with E-state index in [4.69, 9.17) is 5.73 Å². The molecular weight excluding hydrogens is 224 g/mol. The lowest BCUT2D eigenvalue weighted by Crippen LogP contribution is -2.19. The van der Waals surface area contributed by atoms with Crippen LogP contribution in [0.25, 0.3) is 0 Å². The fraction of sp³-hybridized carbons (Fsp3) is 0.455. The monoisotopic (exact) mass is 242 g/mol. The highest BCUT2D eigenvalue weighted by Gasteiger charge is 2.09. The lowest BCUT2D eigenvalue weighted by atomic mass is 10.1. The summed E-state index contributed by atoms with van der Waals surface area (Å²) in [4.78, 5) is 0. The van der Waals surface area contributed by atoms with Crippen molar-refractivity contribution in [2.45, 2.75) is 19.8 Å². The molecule has 90 valence electrons. The van der Waals surface area contributed by atoms with Gasteiger partial charge in [0, 0.05) is 5.69 Å². The summed E-state index contributed by atoms with van der Waals surface area (Å²) >= 11 is 0. The average Bonchev–Trinajstić information content (AvgIpc) is 2.26. The van der Waals surface area contributed by atoms with Gasteiger partial charge in [0.15, 0.2) is 0 Å². The van der Waals surface area contributed by atoms with E-state index in [1.807, 2.05) is 25.1 Å². The molecule has 5 heteroatoms. The van der Waals surface area contributed by atoms with E-state index in [2.05, 4.69) is 4.72 Å². The van der Waals surface area contributed by atoms with Crippen LogP contribution < -0.4 is 10.5 Å². The third kappa shape index (κ3) is 4.20. The predicted molar refractivity (Wildman–Crippen MR) is 66.9 cm³/mol. The molecule has 0 unspecified atom stereocenters. The number of nitrogens with two attached hydrogens (primary N) is 1. The first-order chi connectivity index (χ1) is 7.57. The van der Waals surface area contributed by atoms with Crippen LogP contribution in [-0.2, 0) is 16.4 Å². The molecule has 16 heavy (non-hydrogen) atoms. The number of nitrogens with one attached hydrogen (secondary N) is 1. The zero-order valence-corrected chi connectivity index (χ0v) is 10.3. The van der Waals surface area contributed by atoms with Gasteiger partial charge in [0.05, 0.1) is 5.75 Å². The Bertz CT molecular complexity index is 429. The maximum atomic E-state index is 11.6. The van der Waals surface area contributed by atoms with Crippen LogP contribution in [0.4, 0.5) is 5.69 Å². The number of sulfonamides is 1. The summed E-state index contributed by atoms with van der Waals surface area (Å²) in [6.07, 6.45) is 1.36. The molecule has 3 N–H and O–H groups in total. The van der Waals surface area contributed by atoms with Gasteiger partial charge >= 0.3 is 0 Å². The second-order valence-electron chi connectivity index (χ2n) is 3.62. The van der Waals surface area contributed by atoms with Crippen molar-refractivity contribution in [1.29, 1.82) is 0 Å². The van der Waals surface area contributed by atoms with Crippen LogP contribution in [0.3, 0.4) is 0 Å². The summed E-state index contributed by atoms with van der Waals surface area (Å²) in [6, 6.07) is 7.41. The first-order valence-electron chi connectivity index (χ1n) is 5.37. The van der Waals surface area contributed by atoms with E-state index in [1.165, 1.54) is 0 Å². The Morgan fingerprint density at radius 3 is 2.75 bits per heavy atom. The van der Waals surface area contributed by atoms with Crippen molar-refractivity contribution in [2.75, 3.05) is 17.0 Å². The van der Waals surface area contributed by atoms with E-state index in [0.29, 0.717) is 18.7 Å². The molecule has 0 amide bonds. The van der Waals surface area contributed by atoms with Crippen LogP contribution in [0.15, 0.2) is 24.3 Å². The highest BCUT2D eigenvalue weighted by molar-refractivity contribution is 7.92. The van der Waals surface area contributed by atoms with E-state index >= 15 is 0 Å². The van der Waals surface area contributed by atoms with Gasteiger partial charge in [0.25, 0.3) is 0 Å². The SMILES string of the molecule is CCc1cccc(NS(=O)(=O)CCCN)c1. The standard InChI is InChI=1S/C11H18N2O2S/c1-2-10-5-3-6-11(9-10)13-16(14,15)8-4-7-12/h3,5-6,9,13H,2,4,7-8,12H2,1H3. The first-order valence-corrected chi connectivity index (χ1v) is 7.02. The quantitative estimate of drug-likeness (QED) is 0.790. The van der Waals surface area contributed by atoms with Gasteiger partial charge in [-0.05, 0) is 37.1 Å². The van der Waals surface area contributed by atoms with E-state index in [9.17, 15) is 8.42 Å². The first kappa shape index (κ1) is 13.0. The van der Waals surface area contributed by atoms with Crippen molar-refractivity contribution >= 4 is 15.7 Å². The van der Waals surface area contributed by atoms with Gasteiger partial charge in [-0.3, -0.25) is 4.72 Å².